The van der Waals surface area contributed by atoms with Crippen LogP contribution >= 0.6 is 0 Å². The quantitative estimate of drug-likeness (QED) is 0.166. The van der Waals surface area contributed by atoms with Gasteiger partial charge in [0.1, 0.15) is 11.2 Å². The van der Waals surface area contributed by atoms with E-state index in [4.69, 9.17) is 4.42 Å². The lowest BCUT2D eigenvalue weighted by molar-refractivity contribution is 0.669. The summed E-state index contributed by atoms with van der Waals surface area (Å²) >= 11 is 0. The molecule has 0 saturated carbocycles. The Morgan fingerprint density at radius 2 is 0.768 bits per heavy atom. The molecule has 0 aliphatic heterocycles. The number of benzene rings is 10. The molecule has 2 aromatic heterocycles. The Hall–Kier alpha value is -7.42. The van der Waals surface area contributed by atoms with E-state index < -0.39 is 0 Å². The molecule has 2 heterocycles. The first-order valence-corrected chi connectivity index (χ1v) is 19.2. The van der Waals surface area contributed by atoms with E-state index in [1.165, 1.54) is 81.9 Å². The fourth-order valence-electron chi connectivity index (χ4n) is 9.11. The van der Waals surface area contributed by atoms with Crippen molar-refractivity contribution >= 4 is 76.1 Å². The van der Waals surface area contributed by atoms with Crippen molar-refractivity contribution in [2.24, 2.45) is 0 Å². The van der Waals surface area contributed by atoms with Crippen LogP contribution in [0.2, 0.25) is 0 Å². The van der Waals surface area contributed by atoms with Gasteiger partial charge in [0.15, 0.2) is 0 Å². The van der Waals surface area contributed by atoms with E-state index in [2.05, 4.69) is 193 Å². The summed E-state index contributed by atoms with van der Waals surface area (Å²) < 4.78 is 8.77. The number of nitrogens with zero attached hydrogens (tertiary/aromatic N) is 1. The molecule has 260 valence electrons. The smallest absolute Gasteiger partial charge is 0.136 e. The zero-order chi connectivity index (χ0) is 36.7. The zero-order valence-corrected chi connectivity index (χ0v) is 30.4. The maximum Gasteiger partial charge on any atom is 0.136 e. The monoisotopic (exact) mass is 711 g/mol. The lowest BCUT2D eigenvalue weighted by Gasteiger charge is -2.15. The standard InChI is InChI=1S/C54H33NO/c1-3-13-34(14-4-1)38-27-39(35-15-5-2-6-16-35)29-40(28-38)55-51-21-11-9-19-44(51)50-32-48-43-25-23-36(30-47(43)41-17-7-8-18-42(41)49(48)33-52(50)55)37-24-26-46-45-20-10-12-22-53(45)56-54(46)31-37/h1-33H. The van der Waals surface area contributed by atoms with Crippen LogP contribution in [0.4, 0.5) is 0 Å². The molecule has 0 fully saturated rings. The van der Waals surface area contributed by atoms with Crippen molar-refractivity contribution in [1.82, 2.24) is 4.57 Å². The summed E-state index contributed by atoms with van der Waals surface area (Å²) in [5.41, 5.74) is 12.5. The lowest BCUT2D eigenvalue weighted by Crippen LogP contribution is -1.96. The van der Waals surface area contributed by atoms with Gasteiger partial charge in [-0.15, -0.1) is 0 Å². The Morgan fingerprint density at radius 1 is 0.250 bits per heavy atom. The molecule has 56 heavy (non-hydrogen) atoms. The van der Waals surface area contributed by atoms with Gasteiger partial charge < -0.3 is 8.98 Å². The summed E-state index contributed by atoms with van der Waals surface area (Å²) in [4.78, 5) is 0. The molecular formula is C54H33NO. The Bertz CT molecular complexity index is 3460. The highest BCUT2D eigenvalue weighted by atomic mass is 16.3. The summed E-state index contributed by atoms with van der Waals surface area (Å²) in [6.07, 6.45) is 0. The van der Waals surface area contributed by atoms with Gasteiger partial charge in [0.2, 0.25) is 0 Å². The lowest BCUT2D eigenvalue weighted by atomic mass is 9.91. The van der Waals surface area contributed by atoms with Gasteiger partial charge in [0, 0.05) is 27.2 Å². The van der Waals surface area contributed by atoms with Crippen LogP contribution in [0.3, 0.4) is 0 Å². The molecule has 0 aliphatic rings. The molecule has 0 aliphatic carbocycles. The van der Waals surface area contributed by atoms with E-state index >= 15 is 0 Å². The van der Waals surface area contributed by atoms with Crippen molar-refractivity contribution in [2.75, 3.05) is 0 Å². The Balaban J connectivity index is 1.12. The van der Waals surface area contributed by atoms with Crippen LogP contribution in [0.15, 0.2) is 205 Å². The van der Waals surface area contributed by atoms with Crippen LogP contribution in [0.1, 0.15) is 0 Å². The maximum absolute atomic E-state index is 6.30. The molecule has 2 nitrogen and oxygen atoms in total. The first-order valence-electron chi connectivity index (χ1n) is 19.2. The number of para-hydroxylation sites is 2. The van der Waals surface area contributed by atoms with E-state index in [0.717, 1.165) is 33.2 Å². The second-order valence-electron chi connectivity index (χ2n) is 14.9. The second-order valence-corrected chi connectivity index (χ2v) is 14.9. The van der Waals surface area contributed by atoms with Gasteiger partial charge in [-0.3, -0.25) is 0 Å². The largest absolute Gasteiger partial charge is 0.456 e. The van der Waals surface area contributed by atoms with Crippen LogP contribution in [-0.2, 0) is 0 Å². The van der Waals surface area contributed by atoms with E-state index in [1.54, 1.807) is 0 Å². The molecule has 0 amide bonds. The number of hydrogen-bond donors (Lipinski definition) is 0. The van der Waals surface area contributed by atoms with Crippen LogP contribution < -0.4 is 0 Å². The van der Waals surface area contributed by atoms with Gasteiger partial charge in [-0.05, 0) is 126 Å². The van der Waals surface area contributed by atoms with Crippen molar-refractivity contribution in [3.8, 4) is 39.1 Å². The number of fused-ring (bicyclic) bond motifs is 12. The number of rotatable bonds is 4. The van der Waals surface area contributed by atoms with Crippen LogP contribution in [0.5, 0.6) is 0 Å². The molecular weight excluding hydrogens is 679 g/mol. The summed E-state index contributed by atoms with van der Waals surface area (Å²) in [5.74, 6) is 0. The molecule has 10 aromatic carbocycles. The van der Waals surface area contributed by atoms with E-state index in [0.29, 0.717) is 0 Å². The Labute approximate surface area is 323 Å². The predicted octanol–water partition coefficient (Wildman–Crippen LogP) is 15.1. The highest BCUT2D eigenvalue weighted by Gasteiger charge is 2.18. The van der Waals surface area contributed by atoms with Crippen molar-refractivity contribution < 1.29 is 4.42 Å². The molecule has 12 aromatic rings. The molecule has 2 heteroatoms. The normalized spacial score (nSPS) is 11.9. The van der Waals surface area contributed by atoms with Crippen LogP contribution in [0, 0.1) is 0 Å². The highest BCUT2D eigenvalue weighted by molar-refractivity contribution is 6.29. The first-order chi connectivity index (χ1) is 27.7. The van der Waals surface area contributed by atoms with Gasteiger partial charge in [0.05, 0.1) is 11.0 Å². The van der Waals surface area contributed by atoms with Gasteiger partial charge >= 0.3 is 0 Å². The van der Waals surface area contributed by atoms with Crippen LogP contribution in [0.25, 0.3) is 115 Å². The van der Waals surface area contributed by atoms with E-state index in [-0.39, 0.29) is 0 Å². The van der Waals surface area contributed by atoms with Crippen LogP contribution in [-0.4, -0.2) is 4.57 Å². The second kappa shape index (κ2) is 12.0. The molecule has 0 spiro atoms. The van der Waals surface area contributed by atoms with Gasteiger partial charge in [-0.2, -0.15) is 0 Å². The maximum atomic E-state index is 6.30. The van der Waals surface area contributed by atoms with Gasteiger partial charge in [0.25, 0.3) is 0 Å². The molecule has 0 atom stereocenters. The van der Waals surface area contributed by atoms with E-state index in [9.17, 15) is 0 Å². The van der Waals surface area contributed by atoms with E-state index in [1.807, 2.05) is 12.1 Å². The minimum Gasteiger partial charge on any atom is -0.456 e. The Morgan fingerprint density at radius 3 is 1.48 bits per heavy atom. The fraction of sp³-hybridized carbons (Fsp3) is 0. The zero-order valence-electron chi connectivity index (χ0n) is 30.4. The summed E-state index contributed by atoms with van der Waals surface area (Å²) in [6.45, 7) is 0. The summed E-state index contributed by atoms with van der Waals surface area (Å²) in [7, 11) is 0. The average molecular weight is 712 g/mol. The molecule has 0 radical (unpaired) electrons. The van der Waals surface area contributed by atoms with Crippen molar-refractivity contribution in [3.63, 3.8) is 0 Å². The highest BCUT2D eigenvalue weighted by Crippen LogP contribution is 2.43. The Kier molecular flexibility index (Phi) is 6.66. The molecule has 0 N–H and O–H groups in total. The minimum absolute atomic E-state index is 0.913. The third-order valence-corrected chi connectivity index (χ3v) is 11.7. The summed E-state index contributed by atoms with van der Waals surface area (Å²) in [6, 6.07) is 72.9. The van der Waals surface area contributed by atoms with Crippen molar-refractivity contribution in [3.05, 3.63) is 200 Å². The number of aromatic nitrogens is 1. The average Bonchev–Trinajstić information content (AvgIpc) is 3.81. The molecule has 0 saturated heterocycles. The third-order valence-electron chi connectivity index (χ3n) is 11.7. The SMILES string of the molecule is c1ccc(-c2cc(-c3ccccc3)cc(-n3c4ccccc4c4cc5c6ccc(-c7ccc8c(c7)oc7ccccc78)cc6c6ccccc6c5cc43)c2)cc1. The van der Waals surface area contributed by atoms with Crippen molar-refractivity contribution in [2.45, 2.75) is 0 Å². The predicted molar refractivity (Wildman–Crippen MR) is 237 cm³/mol. The third kappa shape index (κ3) is 4.69. The minimum atomic E-state index is 0.913. The fourth-order valence-corrected chi connectivity index (χ4v) is 9.11. The summed E-state index contributed by atoms with van der Waals surface area (Å²) in [5, 5.41) is 12.3. The van der Waals surface area contributed by atoms with Gasteiger partial charge in [-0.25, -0.2) is 0 Å². The number of furan rings is 1. The molecule has 12 rings (SSSR count). The first kappa shape index (κ1) is 31.0. The number of hydrogen-bond acceptors (Lipinski definition) is 1. The van der Waals surface area contributed by atoms with Gasteiger partial charge in [-0.1, -0.05) is 140 Å². The van der Waals surface area contributed by atoms with Crippen molar-refractivity contribution in [1.29, 1.82) is 0 Å². The molecule has 0 unspecified atom stereocenters. The topological polar surface area (TPSA) is 18.1 Å². The molecule has 0 bridgehead atoms.